The fraction of sp³-hybridized carbons (Fsp3) is 0.611. The summed E-state index contributed by atoms with van der Waals surface area (Å²) in [5, 5.41) is 10.4. The van der Waals surface area contributed by atoms with Gasteiger partial charge in [0.05, 0.1) is 12.7 Å². The number of aliphatic hydroxyl groups excluding tert-OH is 1. The summed E-state index contributed by atoms with van der Waals surface area (Å²) in [7, 11) is 2.07. The van der Waals surface area contributed by atoms with E-state index < -0.39 is 6.10 Å². The van der Waals surface area contributed by atoms with Gasteiger partial charge in [-0.1, -0.05) is 30.3 Å². The van der Waals surface area contributed by atoms with Crippen molar-refractivity contribution in [2.45, 2.75) is 25.0 Å². The number of carbonyl (C=O) groups excluding carboxylic acids is 1. The van der Waals surface area contributed by atoms with E-state index in [1.807, 2.05) is 18.2 Å². The largest absolute Gasteiger partial charge is 0.378 e. The molecular formula is C18H26N2O3. The van der Waals surface area contributed by atoms with Crippen molar-refractivity contribution in [3.8, 4) is 0 Å². The fourth-order valence-corrected chi connectivity index (χ4v) is 3.04. The average Bonchev–Trinajstić information content (AvgIpc) is 3.38. The molecule has 1 heterocycles. The van der Waals surface area contributed by atoms with Gasteiger partial charge in [-0.2, -0.15) is 0 Å². The van der Waals surface area contributed by atoms with Gasteiger partial charge >= 0.3 is 0 Å². The standard InChI is InChI=1S/C18H26N2O3/c1-19-9-10-23-16(12-19)13-20(11-14-7-8-14)18(22)17(21)15-5-3-2-4-6-15/h2-6,14,16-17,21H,7-13H2,1H3/t16?,17-/m1/s1. The molecule has 0 spiro atoms. The van der Waals surface area contributed by atoms with Gasteiger partial charge in [0, 0.05) is 26.2 Å². The number of nitrogens with zero attached hydrogens (tertiary/aromatic N) is 2. The highest BCUT2D eigenvalue weighted by Gasteiger charge is 2.32. The van der Waals surface area contributed by atoms with Gasteiger partial charge in [-0.15, -0.1) is 0 Å². The van der Waals surface area contributed by atoms with Crippen LogP contribution in [-0.4, -0.2) is 66.8 Å². The lowest BCUT2D eigenvalue weighted by Crippen LogP contribution is -2.49. The van der Waals surface area contributed by atoms with Gasteiger partial charge in [0.2, 0.25) is 0 Å². The number of hydrogen-bond acceptors (Lipinski definition) is 4. The minimum atomic E-state index is -1.09. The van der Waals surface area contributed by atoms with Crippen LogP contribution in [0.4, 0.5) is 0 Å². The van der Waals surface area contributed by atoms with Crippen molar-refractivity contribution < 1.29 is 14.6 Å². The van der Waals surface area contributed by atoms with Crippen LogP contribution in [0.3, 0.4) is 0 Å². The van der Waals surface area contributed by atoms with Crippen molar-refractivity contribution in [2.24, 2.45) is 5.92 Å². The van der Waals surface area contributed by atoms with Crippen LogP contribution in [0.2, 0.25) is 0 Å². The molecule has 3 rings (SSSR count). The molecular weight excluding hydrogens is 292 g/mol. The Kier molecular flexibility index (Phi) is 5.30. The summed E-state index contributed by atoms with van der Waals surface area (Å²) in [5.41, 5.74) is 0.653. The molecule has 0 aromatic heterocycles. The Morgan fingerprint density at radius 3 is 2.74 bits per heavy atom. The van der Waals surface area contributed by atoms with E-state index in [1.54, 1.807) is 17.0 Å². The Balaban J connectivity index is 1.66. The third kappa shape index (κ3) is 4.53. The second-order valence-electron chi connectivity index (χ2n) is 6.75. The van der Waals surface area contributed by atoms with Gasteiger partial charge in [0.1, 0.15) is 0 Å². The second kappa shape index (κ2) is 7.43. The zero-order valence-electron chi connectivity index (χ0n) is 13.7. The van der Waals surface area contributed by atoms with Crippen molar-refractivity contribution in [1.29, 1.82) is 0 Å². The molecule has 1 amide bonds. The smallest absolute Gasteiger partial charge is 0.256 e. The monoisotopic (exact) mass is 318 g/mol. The van der Waals surface area contributed by atoms with Crippen molar-refractivity contribution >= 4 is 5.91 Å². The van der Waals surface area contributed by atoms with Gasteiger partial charge in [-0.3, -0.25) is 4.79 Å². The van der Waals surface area contributed by atoms with E-state index in [1.165, 1.54) is 12.8 Å². The number of likely N-dealkylation sites (N-methyl/N-ethyl adjacent to an activating group) is 1. The molecule has 1 aromatic carbocycles. The number of carbonyl (C=O) groups is 1. The predicted molar refractivity (Wildman–Crippen MR) is 87.9 cm³/mol. The number of hydrogen-bond donors (Lipinski definition) is 1. The van der Waals surface area contributed by atoms with Gasteiger partial charge in [0.15, 0.2) is 6.10 Å². The summed E-state index contributed by atoms with van der Waals surface area (Å²) in [6, 6.07) is 9.16. The molecule has 1 aliphatic carbocycles. The molecule has 2 fully saturated rings. The van der Waals surface area contributed by atoms with E-state index in [-0.39, 0.29) is 12.0 Å². The van der Waals surface area contributed by atoms with Crippen LogP contribution in [0.5, 0.6) is 0 Å². The zero-order valence-corrected chi connectivity index (χ0v) is 13.7. The Hall–Kier alpha value is -1.43. The molecule has 1 aliphatic heterocycles. The maximum absolute atomic E-state index is 12.8. The van der Waals surface area contributed by atoms with Gasteiger partial charge < -0.3 is 19.6 Å². The molecule has 1 saturated heterocycles. The first kappa shape index (κ1) is 16.4. The third-order valence-corrected chi connectivity index (χ3v) is 4.60. The van der Waals surface area contributed by atoms with E-state index >= 15 is 0 Å². The van der Waals surface area contributed by atoms with E-state index in [0.29, 0.717) is 24.6 Å². The summed E-state index contributed by atoms with van der Waals surface area (Å²) >= 11 is 0. The zero-order chi connectivity index (χ0) is 16.2. The Bertz CT molecular complexity index is 518. The maximum Gasteiger partial charge on any atom is 0.256 e. The van der Waals surface area contributed by atoms with Gasteiger partial charge in [0.25, 0.3) is 5.91 Å². The number of benzene rings is 1. The van der Waals surface area contributed by atoms with Crippen LogP contribution in [0.1, 0.15) is 24.5 Å². The van der Waals surface area contributed by atoms with E-state index in [2.05, 4.69) is 11.9 Å². The molecule has 126 valence electrons. The molecule has 1 N–H and O–H groups in total. The normalized spacial score (nSPS) is 23.5. The predicted octanol–water partition coefficient (Wildman–Crippen LogP) is 1.29. The molecule has 0 radical (unpaired) electrons. The minimum Gasteiger partial charge on any atom is -0.378 e. The molecule has 2 atom stereocenters. The Morgan fingerprint density at radius 1 is 1.35 bits per heavy atom. The Morgan fingerprint density at radius 2 is 2.09 bits per heavy atom. The minimum absolute atomic E-state index is 0.0272. The molecule has 5 heteroatoms. The highest BCUT2D eigenvalue weighted by Crippen LogP contribution is 2.31. The Labute approximate surface area is 137 Å². The fourth-order valence-electron chi connectivity index (χ4n) is 3.04. The van der Waals surface area contributed by atoms with E-state index in [0.717, 1.165) is 19.6 Å². The summed E-state index contributed by atoms with van der Waals surface area (Å²) in [6.45, 7) is 3.75. The number of ether oxygens (including phenoxy) is 1. The van der Waals surface area contributed by atoms with Crippen LogP contribution in [0.25, 0.3) is 0 Å². The van der Waals surface area contributed by atoms with Crippen LogP contribution in [-0.2, 0) is 9.53 Å². The van der Waals surface area contributed by atoms with Crippen LogP contribution in [0, 0.1) is 5.92 Å². The lowest BCUT2D eigenvalue weighted by molar-refractivity contribution is -0.144. The molecule has 1 unspecified atom stereocenters. The maximum atomic E-state index is 12.8. The molecule has 1 aromatic rings. The first-order chi connectivity index (χ1) is 11.1. The van der Waals surface area contributed by atoms with Gasteiger partial charge in [-0.25, -0.2) is 0 Å². The molecule has 2 aliphatic rings. The van der Waals surface area contributed by atoms with E-state index in [4.69, 9.17) is 4.74 Å². The van der Waals surface area contributed by atoms with E-state index in [9.17, 15) is 9.90 Å². The summed E-state index contributed by atoms with van der Waals surface area (Å²) in [5.74, 6) is 0.378. The van der Waals surface area contributed by atoms with Crippen LogP contribution < -0.4 is 0 Å². The summed E-state index contributed by atoms with van der Waals surface area (Å²) in [6.07, 6.45) is 1.29. The summed E-state index contributed by atoms with van der Waals surface area (Å²) in [4.78, 5) is 16.8. The summed E-state index contributed by atoms with van der Waals surface area (Å²) < 4.78 is 5.80. The third-order valence-electron chi connectivity index (χ3n) is 4.60. The lowest BCUT2D eigenvalue weighted by Gasteiger charge is -2.34. The molecule has 5 nitrogen and oxygen atoms in total. The lowest BCUT2D eigenvalue weighted by atomic mass is 10.1. The molecule has 0 bridgehead atoms. The van der Waals surface area contributed by atoms with Gasteiger partial charge in [-0.05, 0) is 31.4 Å². The van der Waals surface area contributed by atoms with Crippen molar-refractivity contribution in [1.82, 2.24) is 9.80 Å². The number of rotatable bonds is 6. The topological polar surface area (TPSA) is 53.0 Å². The molecule has 1 saturated carbocycles. The van der Waals surface area contributed by atoms with Crippen LogP contribution >= 0.6 is 0 Å². The van der Waals surface area contributed by atoms with Crippen molar-refractivity contribution in [2.75, 3.05) is 39.8 Å². The first-order valence-corrected chi connectivity index (χ1v) is 8.45. The SMILES string of the molecule is CN1CCOC(CN(CC2CC2)C(=O)[C@H](O)c2ccccc2)C1. The quantitative estimate of drug-likeness (QED) is 0.859. The average molecular weight is 318 g/mol. The second-order valence-corrected chi connectivity index (χ2v) is 6.75. The van der Waals surface area contributed by atoms with Crippen LogP contribution in [0.15, 0.2) is 30.3 Å². The highest BCUT2D eigenvalue weighted by molar-refractivity contribution is 5.82. The molecule has 23 heavy (non-hydrogen) atoms. The number of morpholine rings is 1. The van der Waals surface area contributed by atoms with Crippen molar-refractivity contribution in [3.05, 3.63) is 35.9 Å². The highest BCUT2D eigenvalue weighted by atomic mass is 16.5. The first-order valence-electron chi connectivity index (χ1n) is 8.45. The number of amides is 1. The number of aliphatic hydroxyl groups is 1. The van der Waals surface area contributed by atoms with Crippen molar-refractivity contribution in [3.63, 3.8) is 0 Å².